The average molecular weight is 309 g/mol. The number of rotatable bonds is 2. The third-order valence-corrected chi connectivity index (χ3v) is 5.72. The smallest absolute Gasteiger partial charge is 0.143 e. The van der Waals surface area contributed by atoms with Crippen molar-refractivity contribution in [3.8, 4) is 0 Å². The minimum Gasteiger partial charge on any atom is -0.339 e. The lowest BCUT2D eigenvalue weighted by Crippen LogP contribution is -2.01. The fourth-order valence-electron chi connectivity index (χ4n) is 3.21. The highest BCUT2D eigenvalue weighted by Crippen LogP contribution is 2.40. The molecule has 2 aromatic heterocycles. The van der Waals surface area contributed by atoms with Crippen molar-refractivity contribution in [2.45, 2.75) is 40.0 Å². The van der Waals surface area contributed by atoms with E-state index in [4.69, 9.17) is 4.98 Å². The van der Waals surface area contributed by atoms with Gasteiger partial charge in [-0.05, 0) is 62.8 Å². The van der Waals surface area contributed by atoms with Gasteiger partial charge in [-0.15, -0.1) is 11.3 Å². The van der Waals surface area contributed by atoms with Gasteiger partial charge in [0.2, 0.25) is 0 Å². The minimum atomic E-state index is 0.834. The first kappa shape index (κ1) is 13.7. The second kappa shape index (κ2) is 5.06. The number of benzene rings is 1. The van der Waals surface area contributed by atoms with Crippen LogP contribution in [0.1, 0.15) is 33.8 Å². The zero-order valence-electron chi connectivity index (χ0n) is 13.2. The third-order valence-electron chi connectivity index (χ3n) is 4.53. The summed E-state index contributed by atoms with van der Waals surface area (Å²) >= 11 is 1.84. The van der Waals surface area contributed by atoms with Crippen LogP contribution in [-0.4, -0.2) is 9.97 Å². The van der Waals surface area contributed by atoms with Crippen molar-refractivity contribution in [3.05, 3.63) is 45.6 Å². The van der Waals surface area contributed by atoms with E-state index in [1.807, 2.05) is 18.3 Å². The summed E-state index contributed by atoms with van der Waals surface area (Å²) in [6.07, 6.45) is 3.61. The van der Waals surface area contributed by atoms with E-state index in [1.54, 1.807) is 0 Å². The Labute approximate surface area is 134 Å². The largest absolute Gasteiger partial charge is 0.339 e. The maximum atomic E-state index is 4.70. The van der Waals surface area contributed by atoms with Gasteiger partial charge in [0.15, 0.2) is 0 Å². The molecule has 1 aliphatic carbocycles. The number of hydrogen-bond donors (Lipinski definition) is 1. The molecule has 4 rings (SSSR count). The molecule has 22 heavy (non-hydrogen) atoms. The second-order valence-corrected chi connectivity index (χ2v) is 7.11. The zero-order valence-corrected chi connectivity index (χ0v) is 14.0. The predicted molar refractivity (Wildman–Crippen MR) is 93.4 cm³/mol. The van der Waals surface area contributed by atoms with Crippen molar-refractivity contribution in [1.82, 2.24) is 9.97 Å². The lowest BCUT2D eigenvalue weighted by molar-refractivity contribution is 0.917. The van der Waals surface area contributed by atoms with E-state index in [-0.39, 0.29) is 0 Å². The molecule has 0 unspecified atom stereocenters. The van der Waals surface area contributed by atoms with E-state index < -0.39 is 0 Å². The second-order valence-electron chi connectivity index (χ2n) is 6.03. The van der Waals surface area contributed by atoms with Gasteiger partial charge in [-0.1, -0.05) is 12.1 Å². The van der Waals surface area contributed by atoms with Crippen LogP contribution in [0.3, 0.4) is 0 Å². The fourth-order valence-corrected chi connectivity index (χ4v) is 4.51. The van der Waals surface area contributed by atoms with Gasteiger partial charge in [0.1, 0.15) is 16.5 Å². The van der Waals surface area contributed by atoms with Gasteiger partial charge < -0.3 is 5.32 Å². The van der Waals surface area contributed by atoms with Crippen LogP contribution < -0.4 is 5.32 Å². The first-order valence-corrected chi connectivity index (χ1v) is 8.57. The summed E-state index contributed by atoms with van der Waals surface area (Å²) in [5.74, 6) is 1.80. The summed E-state index contributed by atoms with van der Waals surface area (Å²) in [5.41, 5.74) is 5.17. The molecule has 4 heteroatoms. The summed E-state index contributed by atoms with van der Waals surface area (Å²) in [7, 11) is 0. The standard InChI is InChI=1S/C18H19N3S/c1-10-6-4-8-14(11(10)2)21-17-16-13-7-5-9-15(13)22-18(16)20-12(3)19-17/h4,6,8H,5,7,9H2,1-3H3,(H,19,20,21). The van der Waals surface area contributed by atoms with Crippen LogP contribution >= 0.6 is 11.3 Å². The number of fused-ring (bicyclic) bond motifs is 3. The van der Waals surface area contributed by atoms with Gasteiger partial charge in [0.05, 0.1) is 5.39 Å². The Morgan fingerprint density at radius 1 is 1.09 bits per heavy atom. The fraction of sp³-hybridized carbons (Fsp3) is 0.333. The molecular weight excluding hydrogens is 290 g/mol. The summed E-state index contributed by atoms with van der Waals surface area (Å²) in [6, 6.07) is 6.36. The minimum absolute atomic E-state index is 0.834. The molecule has 112 valence electrons. The van der Waals surface area contributed by atoms with Gasteiger partial charge in [0.25, 0.3) is 0 Å². The van der Waals surface area contributed by atoms with E-state index in [2.05, 4.69) is 42.3 Å². The van der Waals surface area contributed by atoms with Crippen molar-refractivity contribution in [1.29, 1.82) is 0 Å². The first-order chi connectivity index (χ1) is 10.6. The Balaban J connectivity index is 1.89. The van der Waals surface area contributed by atoms with E-state index in [1.165, 1.54) is 39.8 Å². The molecule has 0 fully saturated rings. The van der Waals surface area contributed by atoms with Crippen molar-refractivity contribution in [3.63, 3.8) is 0 Å². The summed E-state index contributed by atoms with van der Waals surface area (Å²) < 4.78 is 0. The summed E-state index contributed by atoms with van der Waals surface area (Å²) in [6.45, 7) is 6.27. The summed E-state index contributed by atoms with van der Waals surface area (Å²) in [4.78, 5) is 12.0. The third kappa shape index (κ3) is 2.10. The molecule has 3 nitrogen and oxygen atoms in total. The molecule has 0 amide bonds. The van der Waals surface area contributed by atoms with Crippen LogP contribution in [0.4, 0.5) is 11.5 Å². The lowest BCUT2D eigenvalue weighted by Gasteiger charge is -2.12. The molecule has 0 bridgehead atoms. The molecule has 1 aliphatic rings. The molecule has 0 atom stereocenters. The molecule has 1 N–H and O–H groups in total. The topological polar surface area (TPSA) is 37.8 Å². The van der Waals surface area contributed by atoms with Crippen LogP contribution in [0.15, 0.2) is 18.2 Å². The van der Waals surface area contributed by atoms with Gasteiger partial charge >= 0.3 is 0 Å². The molecule has 0 spiro atoms. The van der Waals surface area contributed by atoms with Crippen LogP contribution in [-0.2, 0) is 12.8 Å². The SMILES string of the molecule is Cc1nc(Nc2cccc(C)c2C)c2c3c(sc2n1)CCC3. The quantitative estimate of drug-likeness (QED) is 0.735. The van der Waals surface area contributed by atoms with Gasteiger partial charge in [0, 0.05) is 10.6 Å². The molecule has 0 saturated heterocycles. The van der Waals surface area contributed by atoms with Crippen LogP contribution in [0.5, 0.6) is 0 Å². The summed E-state index contributed by atoms with van der Waals surface area (Å²) in [5, 5.41) is 4.81. The average Bonchev–Trinajstić information content (AvgIpc) is 3.03. The van der Waals surface area contributed by atoms with Crippen molar-refractivity contribution >= 4 is 33.1 Å². The Morgan fingerprint density at radius 2 is 1.95 bits per heavy atom. The zero-order chi connectivity index (χ0) is 15.3. The highest BCUT2D eigenvalue weighted by molar-refractivity contribution is 7.19. The van der Waals surface area contributed by atoms with Gasteiger partial charge in [-0.3, -0.25) is 0 Å². The van der Waals surface area contributed by atoms with Crippen molar-refractivity contribution < 1.29 is 0 Å². The molecule has 0 radical (unpaired) electrons. The number of nitrogens with zero attached hydrogens (tertiary/aromatic N) is 2. The van der Waals surface area contributed by atoms with Crippen molar-refractivity contribution in [2.75, 3.05) is 5.32 Å². The van der Waals surface area contributed by atoms with Crippen molar-refractivity contribution in [2.24, 2.45) is 0 Å². The monoisotopic (exact) mass is 309 g/mol. The normalized spacial score (nSPS) is 13.6. The number of aryl methyl sites for hydroxylation is 4. The van der Waals surface area contributed by atoms with Crippen LogP contribution in [0.2, 0.25) is 0 Å². The number of nitrogens with one attached hydrogen (secondary N) is 1. The Hall–Kier alpha value is -1.94. The highest BCUT2D eigenvalue weighted by Gasteiger charge is 2.22. The van der Waals surface area contributed by atoms with Crippen LogP contribution in [0.25, 0.3) is 10.2 Å². The van der Waals surface area contributed by atoms with Gasteiger partial charge in [-0.2, -0.15) is 0 Å². The van der Waals surface area contributed by atoms with Gasteiger partial charge in [-0.25, -0.2) is 9.97 Å². The van der Waals surface area contributed by atoms with E-state index >= 15 is 0 Å². The first-order valence-electron chi connectivity index (χ1n) is 7.75. The number of anilines is 2. The van der Waals surface area contributed by atoms with E-state index in [9.17, 15) is 0 Å². The molecular formula is C18H19N3S. The number of thiophene rings is 1. The highest BCUT2D eigenvalue weighted by atomic mass is 32.1. The molecule has 0 aliphatic heterocycles. The molecule has 3 aromatic rings. The molecule has 2 heterocycles. The Bertz CT molecular complexity index is 880. The predicted octanol–water partition coefficient (Wildman–Crippen LogP) is 4.85. The maximum Gasteiger partial charge on any atom is 0.143 e. The Kier molecular flexibility index (Phi) is 3.15. The van der Waals surface area contributed by atoms with E-state index in [0.29, 0.717) is 0 Å². The van der Waals surface area contributed by atoms with Crippen LogP contribution in [0, 0.1) is 20.8 Å². The van der Waals surface area contributed by atoms with E-state index in [0.717, 1.165) is 28.6 Å². The molecule has 0 saturated carbocycles. The molecule has 1 aromatic carbocycles. The maximum absolute atomic E-state index is 4.70. The Morgan fingerprint density at radius 3 is 2.82 bits per heavy atom. The lowest BCUT2D eigenvalue weighted by atomic mass is 10.1. The number of hydrogen-bond acceptors (Lipinski definition) is 4. The number of aromatic nitrogens is 2.